The van der Waals surface area contributed by atoms with E-state index in [2.05, 4.69) is 35.9 Å². The Balaban J connectivity index is 1.54. The Kier molecular flexibility index (Phi) is 11.5. The first kappa shape index (κ1) is 32.7. The van der Waals surface area contributed by atoms with Crippen molar-refractivity contribution < 1.29 is 24.2 Å². The Morgan fingerprint density at radius 1 is 0.977 bits per heavy atom. The Hall–Kier alpha value is -4.19. The summed E-state index contributed by atoms with van der Waals surface area (Å²) in [5.41, 5.74) is 0.705. The summed E-state index contributed by atoms with van der Waals surface area (Å²) >= 11 is 0. The lowest BCUT2D eigenvalue weighted by atomic mass is 9.83. The molecule has 1 saturated carbocycles. The van der Waals surface area contributed by atoms with Crippen molar-refractivity contribution in [3.8, 4) is 0 Å². The molecule has 2 heterocycles. The number of amides is 3. The van der Waals surface area contributed by atoms with Gasteiger partial charge in [0.05, 0.1) is 12.4 Å². The molecule has 0 radical (unpaired) electrons. The van der Waals surface area contributed by atoms with Crippen molar-refractivity contribution in [1.82, 2.24) is 35.9 Å². The summed E-state index contributed by atoms with van der Waals surface area (Å²) in [6, 6.07) is 6.61. The van der Waals surface area contributed by atoms with E-state index in [1.165, 1.54) is 12.7 Å². The van der Waals surface area contributed by atoms with Crippen LogP contribution in [0.25, 0.3) is 0 Å². The highest BCUT2D eigenvalue weighted by atomic mass is 16.6. The molecule has 1 aliphatic rings. The number of nitrogens with zero attached hydrogens (tertiary/aromatic N) is 2. The third-order valence-electron chi connectivity index (χ3n) is 7.72. The molecule has 1 fully saturated rings. The molecule has 6 N–H and O–H groups in total. The number of nitrogens with one attached hydrogen (secondary N) is 5. The van der Waals surface area contributed by atoms with Gasteiger partial charge >= 0.3 is 6.09 Å². The van der Waals surface area contributed by atoms with Gasteiger partial charge in [0.1, 0.15) is 29.6 Å². The van der Waals surface area contributed by atoms with Gasteiger partial charge in [-0.15, -0.1) is 0 Å². The number of imidazole rings is 2. The summed E-state index contributed by atoms with van der Waals surface area (Å²) in [6.07, 6.45) is 10.9. The zero-order valence-electron chi connectivity index (χ0n) is 25.7. The van der Waals surface area contributed by atoms with E-state index in [1.807, 2.05) is 30.3 Å². The number of aliphatic hydroxyl groups excluding tert-OH is 1. The van der Waals surface area contributed by atoms with Crippen molar-refractivity contribution in [2.45, 2.75) is 102 Å². The fourth-order valence-corrected chi connectivity index (χ4v) is 5.57. The Labute approximate surface area is 258 Å². The summed E-state index contributed by atoms with van der Waals surface area (Å²) in [6.45, 7) is 5.22. The molecular formula is C32H45N7O5. The van der Waals surface area contributed by atoms with Crippen LogP contribution in [0.3, 0.4) is 0 Å². The standard InChI is InChI=1S/C32H45N7O5/c1-32(2,3)44-31(43)39-25(17-22-12-8-5-9-13-22)29(41)38-26(18-23-19-33-20-36-23)30(42)37-24(16-21-10-6-4-7-11-21)27(40)28-34-14-15-35-28/h5,8-9,12-15,19-21,24-27,40H,4,6-7,10-11,16-18H2,1-3H3,(H,33,36)(H,34,35)(H,37,42)(H,38,41)(H,39,43). The first-order valence-electron chi connectivity index (χ1n) is 15.4. The lowest BCUT2D eigenvalue weighted by Crippen LogP contribution is -2.57. The summed E-state index contributed by atoms with van der Waals surface area (Å²) < 4.78 is 5.42. The van der Waals surface area contributed by atoms with Gasteiger partial charge in [0.15, 0.2) is 0 Å². The van der Waals surface area contributed by atoms with E-state index in [4.69, 9.17) is 4.74 Å². The normalized spacial score (nSPS) is 16.7. The van der Waals surface area contributed by atoms with E-state index in [9.17, 15) is 19.5 Å². The molecule has 4 unspecified atom stereocenters. The summed E-state index contributed by atoms with van der Waals surface area (Å²) in [5, 5.41) is 19.8. The van der Waals surface area contributed by atoms with Crippen LogP contribution < -0.4 is 16.0 Å². The first-order chi connectivity index (χ1) is 21.1. The number of rotatable bonds is 13. The predicted molar refractivity (Wildman–Crippen MR) is 164 cm³/mol. The number of carbonyl (C=O) groups is 3. The van der Waals surface area contributed by atoms with Crippen LogP contribution in [0.2, 0.25) is 0 Å². The van der Waals surface area contributed by atoms with Crippen LogP contribution in [0.1, 0.15) is 82.5 Å². The number of aromatic nitrogens is 4. The van der Waals surface area contributed by atoms with Crippen LogP contribution in [0.5, 0.6) is 0 Å². The van der Waals surface area contributed by atoms with Crippen LogP contribution in [-0.4, -0.2) is 66.7 Å². The van der Waals surface area contributed by atoms with Crippen molar-refractivity contribution in [1.29, 1.82) is 0 Å². The molecule has 1 aliphatic carbocycles. The highest BCUT2D eigenvalue weighted by Crippen LogP contribution is 2.30. The Morgan fingerprint density at radius 3 is 2.32 bits per heavy atom. The molecule has 44 heavy (non-hydrogen) atoms. The van der Waals surface area contributed by atoms with Gasteiger partial charge < -0.3 is 35.8 Å². The van der Waals surface area contributed by atoms with E-state index in [-0.39, 0.29) is 12.8 Å². The smallest absolute Gasteiger partial charge is 0.408 e. The van der Waals surface area contributed by atoms with E-state index in [0.29, 0.717) is 23.9 Å². The number of aromatic amines is 2. The van der Waals surface area contributed by atoms with Crippen LogP contribution in [0.15, 0.2) is 55.2 Å². The maximum absolute atomic E-state index is 13.9. The van der Waals surface area contributed by atoms with Gasteiger partial charge in [0.25, 0.3) is 0 Å². The van der Waals surface area contributed by atoms with E-state index >= 15 is 0 Å². The minimum absolute atomic E-state index is 0.120. The van der Waals surface area contributed by atoms with E-state index < -0.39 is 47.7 Å². The highest BCUT2D eigenvalue weighted by molar-refractivity contribution is 5.91. The molecule has 2 aromatic heterocycles. The molecule has 1 aromatic carbocycles. The summed E-state index contributed by atoms with van der Waals surface area (Å²) in [5.74, 6) is -0.290. The molecule has 0 saturated heterocycles. The van der Waals surface area contributed by atoms with Crippen LogP contribution in [-0.2, 0) is 27.2 Å². The Bertz CT molecular complexity index is 1300. The van der Waals surface area contributed by atoms with E-state index in [1.54, 1.807) is 39.4 Å². The lowest BCUT2D eigenvalue weighted by Gasteiger charge is -2.31. The predicted octanol–water partition coefficient (Wildman–Crippen LogP) is 3.48. The number of carbonyl (C=O) groups excluding carboxylic acids is 3. The summed E-state index contributed by atoms with van der Waals surface area (Å²) in [7, 11) is 0. The third kappa shape index (κ3) is 10.2. The van der Waals surface area contributed by atoms with Crippen molar-refractivity contribution >= 4 is 17.9 Å². The fourth-order valence-electron chi connectivity index (χ4n) is 5.57. The second-order valence-corrected chi connectivity index (χ2v) is 12.5. The molecule has 12 heteroatoms. The van der Waals surface area contributed by atoms with Crippen molar-refractivity contribution in [3.05, 3.63) is 72.3 Å². The molecule has 0 bridgehead atoms. The van der Waals surface area contributed by atoms with Crippen molar-refractivity contribution in [3.63, 3.8) is 0 Å². The molecular weight excluding hydrogens is 562 g/mol. The number of aliphatic hydroxyl groups is 1. The fraction of sp³-hybridized carbons (Fsp3) is 0.531. The topological polar surface area (TPSA) is 174 Å². The highest BCUT2D eigenvalue weighted by Gasteiger charge is 2.33. The molecule has 4 rings (SSSR count). The lowest BCUT2D eigenvalue weighted by molar-refractivity contribution is -0.131. The molecule has 0 spiro atoms. The number of H-pyrrole nitrogens is 2. The van der Waals surface area contributed by atoms with Crippen molar-refractivity contribution in [2.24, 2.45) is 5.92 Å². The molecule has 12 nitrogen and oxygen atoms in total. The quantitative estimate of drug-likeness (QED) is 0.172. The molecule has 3 aromatic rings. The average Bonchev–Trinajstić information content (AvgIpc) is 3.71. The zero-order chi connectivity index (χ0) is 31.5. The number of benzene rings is 1. The van der Waals surface area contributed by atoms with Crippen LogP contribution in [0.4, 0.5) is 4.79 Å². The van der Waals surface area contributed by atoms with E-state index in [0.717, 1.165) is 31.2 Å². The SMILES string of the molecule is CC(C)(C)OC(=O)NC(Cc1ccccc1)C(=O)NC(Cc1cnc[nH]1)C(=O)NC(CC1CCCCC1)C(O)c1ncc[nH]1. The number of alkyl carbamates (subject to hydrolysis) is 1. The van der Waals surface area contributed by atoms with Gasteiger partial charge in [0.2, 0.25) is 11.8 Å². The average molecular weight is 608 g/mol. The minimum atomic E-state index is -1.06. The van der Waals surface area contributed by atoms with Crippen molar-refractivity contribution in [2.75, 3.05) is 0 Å². The molecule has 0 aliphatic heterocycles. The zero-order valence-corrected chi connectivity index (χ0v) is 25.7. The number of hydrogen-bond acceptors (Lipinski definition) is 7. The molecule has 3 amide bonds. The summed E-state index contributed by atoms with van der Waals surface area (Å²) in [4.78, 5) is 54.6. The van der Waals surface area contributed by atoms with Crippen LogP contribution in [0, 0.1) is 5.92 Å². The van der Waals surface area contributed by atoms with Gasteiger partial charge in [-0.2, -0.15) is 0 Å². The largest absolute Gasteiger partial charge is 0.444 e. The second kappa shape index (κ2) is 15.5. The number of hydrogen-bond donors (Lipinski definition) is 6. The van der Waals surface area contributed by atoms with Gasteiger partial charge in [-0.05, 0) is 38.7 Å². The maximum atomic E-state index is 13.9. The monoisotopic (exact) mass is 607 g/mol. The molecule has 238 valence electrons. The third-order valence-corrected chi connectivity index (χ3v) is 7.72. The Morgan fingerprint density at radius 2 is 1.68 bits per heavy atom. The maximum Gasteiger partial charge on any atom is 0.408 e. The van der Waals surface area contributed by atoms with Gasteiger partial charge in [-0.1, -0.05) is 62.4 Å². The second-order valence-electron chi connectivity index (χ2n) is 12.5. The minimum Gasteiger partial charge on any atom is -0.444 e. The van der Waals surface area contributed by atoms with Gasteiger partial charge in [-0.25, -0.2) is 14.8 Å². The molecule has 4 atom stereocenters. The first-order valence-corrected chi connectivity index (χ1v) is 15.4. The number of ether oxygens (including phenoxy) is 1. The van der Waals surface area contributed by atoms with Gasteiger partial charge in [0, 0.05) is 37.1 Å². The van der Waals surface area contributed by atoms with Crippen LogP contribution >= 0.6 is 0 Å². The van der Waals surface area contributed by atoms with Gasteiger partial charge in [-0.3, -0.25) is 9.59 Å².